The van der Waals surface area contributed by atoms with Gasteiger partial charge in [0.2, 0.25) is 0 Å². The molecule has 0 saturated carbocycles. The topological polar surface area (TPSA) is 0 Å². The maximum atomic E-state index is 2.56. The zero-order valence-corrected chi connectivity index (χ0v) is 31.4. The average molecular weight is 717 g/mol. The Morgan fingerprint density at radius 3 is 1.77 bits per heavy atom. The second-order valence-corrected chi connectivity index (χ2v) is 16.3. The number of benzene rings is 4. The summed E-state index contributed by atoms with van der Waals surface area (Å²) in [5, 5.41) is 2.68. The standard InChI is InChI=1S/C56H44/c1-3-13-37(14-4-1)43-30-32-51-53(34-43)55(41-26-24-40(25-27-41)52-36-45-19-9-10-20-47(45)48-21-11-12-22-49(48)52)50-31-29-44(38-15-5-2-6-16-38)35-54(50)56(51)46-28-23-39-17-7-8-18-42(39)33-46/h1-36,39,42,45,47-49,51,53H. The lowest BCUT2D eigenvalue weighted by atomic mass is 9.63. The Labute approximate surface area is 330 Å². The van der Waals surface area contributed by atoms with Gasteiger partial charge in [-0.25, -0.2) is 0 Å². The number of hydrogen-bond acceptors (Lipinski definition) is 0. The third kappa shape index (κ3) is 5.67. The monoisotopic (exact) mass is 716 g/mol. The van der Waals surface area contributed by atoms with E-state index < -0.39 is 0 Å². The number of fused-ring (bicyclic) bond motifs is 6. The summed E-state index contributed by atoms with van der Waals surface area (Å²) in [5.74, 6) is 2.95. The summed E-state index contributed by atoms with van der Waals surface area (Å²) in [6, 6.07) is 38.7. The number of hydrogen-bond donors (Lipinski definition) is 0. The lowest BCUT2D eigenvalue weighted by Crippen LogP contribution is -2.41. The molecule has 0 fully saturated rings. The van der Waals surface area contributed by atoms with Crippen LogP contribution in [0.4, 0.5) is 0 Å². The van der Waals surface area contributed by atoms with Gasteiger partial charge in [0, 0.05) is 35.5 Å². The van der Waals surface area contributed by atoms with Crippen LogP contribution in [0.2, 0.25) is 0 Å². The van der Waals surface area contributed by atoms with Crippen molar-refractivity contribution in [3.8, 4) is 11.1 Å². The maximum Gasteiger partial charge on any atom is 0.0143 e. The Morgan fingerprint density at radius 1 is 0.321 bits per heavy atom. The molecule has 0 aliphatic heterocycles. The van der Waals surface area contributed by atoms with Crippen molar-refractivity contribution in [1.29, 1.82) is 0 Å². The molecule has 0 amide bonds. The average Bonchev–Trinajstić information content (AvgIpc) is 3.28. The summed E-state index contributed by atoms with van der Waals surface area (Å²) in [5.41, 5.74) is 13.3. The minimum absolute atomic E-state index is 0.171. The molecule has 0 bridgehead atoms. The van der Waals surface area contributed by atoms with Crippen LogP contribution in [0.3, 0.4) is 0 Å². The normalized spacial score (nSPS) is 28.8. The second-order valence-electron chi connectivity index (χ2n) is 16.3. The molecule has 0 N–H and O–H groups in total. The van der Waals surface area contributed by atoms with Gasteiger partial charge in [-0.15, -0.1) is 0 Å². The zero-order chi connectivity index (χ0) is 37.0. The molecule has 0 spiro atoms. The van der Waals surface area contributed by atoms with Gasteiger partial charge in [-0.05, 0) is 84.0 Å². The Kier molecular flexibility index (Phi) is 8.17. The predicted octanol–water partition coefficient (Wildman–Crippen LogP) is 11.6. The Bertz CT molecular complexity index is 2690. The molecule has 8 atom stereocenters. The van der Waals surface area contributed by atoms with Gasteiger partial charge in [0.25, 0.3) is 0 Å². The van der Waals surface area contributed by atoms with E-state index >= 15 is 0 Å². The van der Waals surface area contributed by atoms with Gasteiger partial charge in [0.1, 0.15) is 0 Å². The van der Waals surface area contributed by atoms with E-state index in [1.165, 1.54) is 66.1 Å². The van der Waals surface area contributed by atoms with Crippen molar-refractivity contribution in [2.24, 2.45) is 47.3 Å². The molecule has 0 heterocycles. The van der Waals surface area contributed by atoms with E-state index in [0.29, 0.717) is 35.5 Å². The van der Waals surface area contributed by atoms with Crippen molar-refractivity contribution in [3.63, 3.8) is 0 Å². The third-order valence-corrected chi connectivity index (χ3v) is 13.2. The first-order chi connectivity index (χ1) is 27.8. The van der Waals surface area contributed by atoms with Crippen molar-refractivity contribution in [3.05, 3.63) is 251 Å². The van der Waals surface area contributed by atoms with Crippen LogP contribution in [-0.4, -0.2) is 0 Å². The molecular formula is C56H44. The van der Waals surface area contributed by atoms with Crippen molar-refractivity contribution < 1.29 is 0 Å². The van der Waals surface area contributed by atoms with Crippen LogP contribution in [0.15, 0.2) is 224 Å². The van der Waals surface area contributed by atoms with E-state index in [2.05, 4.69) is 219 Å². The van der Waals surface area contributed by atoms with Gasteiger partial charge in [-0.1, -0.05) is 213 Å². The van der Waals surface area contributed by atoms with Gasteiger partial charge >= 0.3 is 0 Å². The minimum Gasteiger partial charge on any atom is -0.0799 e. The van der Waals surface area contributed by atoms with Crippen molar-refractivity contribution in [2.45, 2.75) is 0 Å². The summed E-state index contributed by atoms with van der Waals surface area (Å²) in [4.78, 5) is 0. The van der Waals surface area contributed by atoms with Crippen molar-refractivity contribution in [2.75, 3.05) is 0 Å². The van der Waals surface area contributed by atoms with Crippen LogP contribution < -0.4 is 10.4 Å². The van der Waals surface area contributed by atoms with Crippen LogP contribution in [0, 0.1) is 47.3 Å². The molecule has 7 aliphatic carbocycles. The van der Waals surface area contributed by atoms with Crippen LogP contribution in [0.5, 0.6) is 0 Å². The van der Waals surface area contributed by atoms with Gasteiger partial charge in [-0.3, -0.25) is 0 Å². The van der Waals surface area contributed by atoms with E-state index in [1.807, 2.05) is 0 Å². The summed E-state index contributed by atoms with van der Waals surface area (Å²) in [7, 11) is 0. The molecule has 56 heavy (non-hydrogen) atoms. The molecular weight excluding hydrogens is 673 g/mol. The fraction of sp³-hybridized carbons (Fsp3) is 0.143. The molecule has 7 aliphatic rings. The molecule has 0 nitrogen and oxygen atoms in total. The van der Waals surface area contributed by atoms with E-state index in [4.69, 9.17) is 0 Å². The largest absolute Gasteiger partial charge is 0.0799 e. The van der Waals surface area contributed by atoms with Crippen molar-refractivity contribution >= 4 is 22.3 Å². The highest BCUT2D eigenvalue weighted by atomic mass is 14.4. The highest BCUT2D eigenvalue weighted by Gasteiger charge is 2.38. The molecule has 0 heteroatoms. The van der Waals surface area contributed by atoms with Crippen LogP contribution >= 0.6 is 0 Å². The Balaban J connectivity index is 1.12. The van der Waals surface area contributed by atoms with Crippen LogP contribution in [0.25, 0.3) is 33.4 Å². The molecule has 4 aromatic carbocycles. The van der Waals surface area contributed by atoms with Crippen LogP contribution in [-0.2, 0) is 0 Å². The van der Waals surface area contributed by atoms with Crippen molar-refractivity contribution in [1.82, 2.24) is 0 Å². The molecule has 8 unspecified atom stereocenters. The molecule has 0 radical (unpaired) electrons. The van der Waals surface area contributed by atoms with Gasteiger partial charge in [0.15, 0.2) is 0 Å². The highest BCUT2D eigenvalue weighted by molar-refractivity contribution is 5.88. The molecule has 268 valence electrons. The Hall–Kier alpha value is -6.24. The fourth-order valence-electron chi connectivity index (χ4n) is 10.5. The molecule has 11 rings (SSSR count). The summed E-state index contributed by atoms with van der Waals surface area (Å²) < 4.78 is 0. The van der Waals surface area contributed by atoms with Gasteiger partial charge in [0.05, 0.1) is 0 Å². The maximum absolute atomic E-state index is 2.56. The smallest absolute Gasteiger partial charge is 0.0143 e. The van der Waals surface area contributed by atoms with E-state index in [0.717, 1.165) is 0 Å². The first kappa shape index (κ1) is 33.1. The highest BCUT2D eigenvalue weighted by Crippen LogP contribution is 2.49. The van der Waals surface area contributed by atoms with Gasteiger partial charge in [-0.2, -0.15) is 0 Å². The minimum atomic E-state index is 0.171. The van der Waals surface area contributed by atoms with Gasteiger partial charge < -0.3 is 0 Å². The zero-order valence-electron chi connectivity index (χ0n) is 31.4. The lowest BCUT2D eigenvalue weighted by molar-refractivity contribution is 0.357. The summed E-state index contributed by atoms with van der Waals surface area (Å²) >= 11 is 0. The fourth-order valence-corrected chi connectivity index (χ4v) is 10.5. The van der Waals surface area contributed by atoms with Crippen LogP contribution in [0.1, 0.15) is 16.7 Å². The van der Waals surface area contributed by atoms with E-state index in [9.17, 15) is 0 Å². The molecule has 0 aromatic heterocycles. The number of allylic oxidation sites excluding steroid dienone is 22. The molecule has 4 aromatic rings. The SMILES string of the molecule is C1=CC2C=CC(C3=c4cc(-c5ccccc5)ccc4=C(c4ccc(C5=CC6C=CC=CC6C6C=CC=CC56)cc4)C4C=C(c5ccccc5)C=CC34)=CC2C=C1. The quantitative estimate of drug-likeness (QED) is 0.193. The predicted molar refractivity (Wildman–Crippen MR) is 235 cm³/mol. The first-order valence-electron chi connectivity index (χ1n) is 20.4. The summed E-state index contributed by atoms with van der Waals surface area (Å²) in [6.45, 7) is 0. The number of rotatable bonds is 5. The van der Waals surface area contributed by atoms with E-state index in [1.54, 1.807) is 0 Å². The summed E-state index contributed by atoms with van der Waals surface area (Å²) in [6.07, 6.45) is 45.0. The third-order valence-electron chi connectivity index (χ3n) is 13.2. The lowest BCUT2D eigenvalue weighted by Gasteiger charge is -2.40. The van der Waals surface area contributed by atoms with E-state index in [-0.39, 0.29) is 11.8 Å². The second kappa shape index (κ2) is 13.8. The molecule has 0 saturated heterocycles. The Morgan fingerprint density at radius 2 is 0.964 bits per heavy atom. The first-order valence-corrected chi connectivity index (χ1v) is 20.4.